The van der Waals surface area contributed by atoms with Gasteiger partial charge in [-0.25, -0.2) is 4.79 Å². The van der Waals surface area contributed by atoms with E-state index in [0.29, 0.717) is 17.9 Å². The number of rotatable bonds is 5. The van der Waals surface area contributed by atoms with E-state index in [1.54, 1.807) is 48.5 Å². The predicted molar refractivity (Wildman–Crippen MR) is 81.5 cm³/mol. The summed E-state index contributed by atoms with van der Waals surface area (Å²) in [5, 5.41) is 0. The lowest BCUT2D eigenvalue weighted by molar-refractivity contribution is -0.139. The van der Waals surface area contributed by atoms with E-state index in [1.807, 2.05) is 0 Å². The van der Waals surface area contributed by atoms with Crippen molar-refractivity contribution < 1.29 is 19.1 Å². The molecule has 0 unspecified atom stereocenters. The summed E-state index contributed by atoms with van der Waals surface area (Å²) < 4.78 is 9.87. The summed E-state index contributed by atoms with van der Waals surface area (Å²) in [4.78, 5) is 23.2. The smallest absolute Gasteiger partial charge is 0.343 e. The van der Waals surface area contributed by atoms with Gasteiger partial charge in [-0.05, 0) is 35.4 Å². The number of carbonyl (C=O) groups excluding carboxylic acids is 2. The van der Waals surface area contributed by atoms with Gasteiger partial charge in [0.15, 0.2) is 0 Å². The fourth-order valence-electron chi connectivity index (χ4n) is 1.86. The van der Waals surface area contributed by atoms with E-state index in [1.165, 1.54) is 7.11 Å². The molecule has 0 aliphatic heterocycles. The topological polar surface area (TPSA) is 78.6 Å². The fraction of sp³-hybridized carbons (Fsp3) is 0.176. The van der Waals surface area contributed by atoms with Gasteiger partial charge < -0.3 is 15.2 Å². The Morgan fingerprint density at radius 1 is 0.955 bits per heavy atom. The maximum atomic E-state index is 12.0. The van der Waals surface area contributed by atoms with Gasteiger partial charge in [-0.2, -0.15) is 0 Å². The zero-order chi connectivity index (χ0) is 15.9. The van der Waals surface area contributed by atoms with E-state index in [2.05, 4.69) is 4.74 Å². The van der Waals surface area contributed by atoms with Crippen molar-refractivity contribution in [3.8, 4) is 5.75 Å². The second-order valence-electron chi connectivity index (χ2n) is 4.69. The lowest BCUT2D eigenvalue weighted by Crippen LogP contribution is -2.09. The molecule has 0 aliphatic rings. The highest BCUT2D eigenvalue weighted by Gasteiger charge is 2.09. The molecule has 22 heavy (non-hydrogen) atoms. The fourth-order valence-corrected chi connectivity index (χ4v) is 1.86. The Morgan fingerprint density at radius 3 is 2.09 bits per heavy atom. The lowest BCUT2D eigenvalue weighted by atomic mass is 10.1. The van der Waals surface area contributed by atoms with E-state index < -0.39 is 5.97 Å². The van der Waals surface area contributed by atoms with Crippen LogP contribution in [0.5, 0.6) is 5.75 Å². The SMILES string of the molecule is COC(=O)Cc1ccc(OC(=O)c2ccc(CN)cc2)cc1. The molecule has 0 aromatic heterocycles. The van der Waals surface area contributed by atoms with Crippen LogP contribution in [-0.2, 0) is 22.5 Å². The van der Waals surface area contributed by atoms with Crippen molar-refractivity contribution in [2.45, 2.75) is 13.0 Å². The van der Waals surface area contributed by atoms with Crippen molar-refractivity contribution in [3.05, 3.63) is 65.2 Å². The Balaban J connectivity index is 2.00. The number of methoxy groups -OCH3 is 1. The van der Waals surface area contributed by atoms with Crippen LogP contribution in [-0.4, -0.2) is 19.0 Å². The Morgan fingerprint density at radius 2 is 1.55 bits per heavy atom. The molecule has 0 fully saturated rings. The van der Waals surface area contributed by atoms with E-state index in [9.17, 15) is 9.59 Å². The van der Waals surface area contributed by atoms with Gasteiger partial charge in [-0.1, -0.05) is 24.3 Å². The molecule has 0 heterocycles. The third-order valence-corrected chi connectivity index (χ3v) is 3.14. The first kappa shape index (κ1) is 15.7. The van der Waals surface area contributed by atoms with Crippen LogP contribution in [0.2, 0.25) is 0 Å². The minimum absolute atomic E-state index is 0.186. The third-order valence-electron chi connectivity index (χ3n) is 3.14. The average molecular weight is 299 g/mol. The summed E-state index contributed by atoms with van der Waals surface area (Å²) in [7, 11) is 1.34. The van der Waals surface area contributed by atoms with Crippen molar-refractivity contribution in [1.82, 2.24) is 0 Å². The maximum absolute atomic E-state index is 12.0. The second kappa shape index (κ2) is 7.38. The Hall–Kier alpha value is -2.66. The number of hydrogen-bond donors (Lipinski definition) is 1. The van der Waals surface area contributed by atoms with Gasteiger partial charge in [0, 0.05) is 6.54 Å². The number of ether oxygens (including phenoxy) is 2. The van der Waals surface area contributed by atoms with Crippen molar-refractivity contribution >= 4 is 11.9 Å². The number of nitrogens with two attached hydrogens (primary N) is 1. The number of esters is 2. The first-order valence-electron chi connectivity index (χ1n) is 6.79. The lowest BCUT2D eigenvalue weighted by Gasteiger charge is -2.06. The number of hydrogen-bond acceptors (Lipinski definition) is 5. The summed E-state index contributed by atoms with van der Waals surface area (Å²) in [5.41, 5.74) is 7.70. The second-order valence-corrected chi connectivity index (χ2v) is 4.69. The molecule has 0 spiro atoms. The molecule has 0 atom stereocenters. The summed E-state index contributed by atoms with van der Waals surface area (Å²) >= 11 is 0. The van der Waals surface area contributed by atoms with Crippen LogP contribution in [0.3, 0.4) is 0 Å². The van der Waals surface area contributed by atoms with Crippen LogP contribution in [0.1, 0.15) is 21.5 Å². The normalized spacial score (nSPS) is 10.1. The van der Waals surface area contributed by atoms with Crippen LogP contribution in [0.25, 0.3) is 0 Å². The molecule has 2 N–H and O–H groups in total. The molecule has 2 aromatic carbocycles. The average Bonchev–Trinajstić information content (AvgIpc) is 2.56. The van der Waals surface area contributed by atoms with Gasteiger partial charge >= 0.3 is 11.9 Å². The zero-order valence-electron chi connectivity index (χ0n) is 12.2. The van der Waals surface area contributed by atoms with Gasteiger partial charge in [0.25, 0.3) is 0 Å². The molecular weight excluding hydrogens is 282 g/mol. The molecule has 114 valence electrons. The van der Waals surface area contributed by atoms with Crippen molar-refractivity contribution in [3.63, 3.8) is 0 Å². The minimum Gasteiger partial charge on any atom is -0.469 e. The van der Waals surface area contributed by atoms with E-state index >= 15 is 0 Å². The monoisotopic (exact) mass is 299 g/mol. The highest BCUT2D eigenvalue weighted by atomic mass is 16.5. The summed E-state index contributed by atoms with van der Waals surface area (Å²) in [6.45, 7) is 0.428. The Kier molecular flexibility index (Phi) is 5.27. The maximum Gasteiger partial charge on any atom is 0.343 e. The highest BCUT2D eigenvalue weighted by molar-refractivity contribution is 5.91. The summed E-state index contributed by atoms with van der Waals surface area (Å²) in [6.07, 6.45) is 0.186. The van der Waals surface area contributed by atoms with Gasteiger partial charge in [0.1, 0.15) is 5.75 Å². The largest absolute Gasteiger partial charge is 0.469 e. The Bertz CT molecular complexity index is 647. The molecule has 2 aromatic rings. The molecule has 2 rings (SSSR count). The molecule has 0 radical (unpaired) electrons. The molecule has 0 amide bonds. The van der Waals surface area contributed by atoms with Crippen LogP contribution >= 0.6 is 0 Å². The summed E-state index contributed by atoms with van der Waals surface area (Å²) in [6, 6.07) is 13.7. The standard InChI is InChI=1S/C17H17NO4/c1-21-16(19)10-12-4-8-15(9-5-12)22-17(20)14-6-2-13(11-18)3-7-14/h2-9H,10-11,18H2,1H3. The molecule has 0 aliphatic carbocycles. The first-order valence-corrected chi connectivity index (χ1v) is 6.79. The minimum atomic E-state index is -0.440. The number of benzene rings is 2. The molecule has 5 heteroatoms. The van der Waals surface area contributed by atoms with Gasteiger partial charge in [-0.3, -0.25) is 4.79 Å². The molecule has 0 saturated heterocycles. The van der Waals surface area contributed by atoms with Crippen LogP contribution in [0, 0.1) is 0 Å². The highest BCUT2D eigenvalue weighted by Crippen LogP contribution is 2.15. The van der Waals surface area contributed by atoms with Gasteiger partial charge in [-0.15, -0.1) is 0 Å². The molecule has 0 bridgehead atoms. The molecule has 0 saturated carbocycles. The van der Waals surface area contributed by atoms with Crippen molar-refractivity contribution in [2.24, 2.45) is 5.73 Å². The number of carbonyl (C=O) groups is 2. The van der Waals surface area contributed by atoms with Crippen LogP contribution in [0.15, 0.2) is 48.5 Å². The molecule has 5 nitrogen and oxygen atoms in total. The van der Waals surface area contributed by atoms with E-state index in [-0.39, 0.29) is 12.4 Å². The van der Waals surface area contributed by atoms with E-state index in [0.717, 1.165) is 11.1 Å². The zero-order valence-corrected chi connectivity index (χ0v) is 12.2. The first-order chi connectivity index (χ1) is 10.6. The third kappa shape index (κ3) is 4.17. The summed E-state index contributed by atoms with van der Waals surface area (Å²) in [5.74, 6) is -0.337. The Labute approximate surface area is 128 Å². The predicted octanol–water partition coefficient (Wildman–Crippen LogP) is 2.08. The van der Waals surface area contributed by atoms with Crippen molar-refractivity contribution in [2.75, 3.05) is 7.11 Å². The van der Waals surface area contributed by atoms with E-state index in [4.69, 9.17) is 10.5 Å². The molecular formula is C17H17NO4. The van der Waals surface area contributed by atoms with Crippen LogP contribution in [0.4, 0.5) is 0 Å². The van der Waals surface area contributed by atoms with Gasteiger partial charge in [0.05, 0.1) is 19.1 Å². The van der Waals surface area contributed by atoms with Gasteiger partial charge in [0.2, 0.25) is 0 Å². The van der Waals surface area contributed by atoms with Crippen LogP contribution < -0.4 is 10.5 Å². The van der Waals surface area contributed by atoms with Crippen molar-refractivity contribution in [1.29, 1.82) is 0 Å². The quantitative estimate of drug-likeness (QED) is 0.675.